The molecule has 0 fully saturated rings. The molecule has 24 heavy (non-hydrogen) atoms. The standard InChI is InChI=1S/C16H17N7O/c1-20-11(6-8-7-21-10-5-3-2-4-9(8)10)13(24)12-14(17)22-16(19)23-15(12)18/h2-5,7,11-12,21H,1,6H2,(H5,17,18,19,22,23). The maximum Gasteiger partial charge on any atom is 0.245 e. The molecule has 3 rings (SSSR count). The molecular formula is C16H17N7O. The predicted octanol–water partition coefficient (Wildman–Crippen LogP) is 0.628. The van der Waals surface area contributed by atoms with Gasteiger partial charge in [0.15, 0.2) is 5.78 Å². The molecule has 1 aliphatic heterocycles. The molecule has 2 aromatic rings. The van der Waals surface area contributed by atoms with Crippen molar-refractivity contribution < 1.29 is 4.79 Å². The number of fused-ring (bicyclic) bond motifs is 1. The van der Waals surface area contributed by atoms with Crippen LogP contribution < -0.4 is 11.5 Å². The Kier molecular flexibility index (Phi) is 3.95. The fraction of sp³-hybridized carbons (Fsp3) is 0.188. The van der Waals surface area contributed by atoms with Crippen molar-refractivity contribution in [1.29, 1.82) is 5.41 Å². The lowest BCUT2D eigenvalue weighted by Gasteiger charge is -2.21. The number of rotatable bonds is 5. The van der Waals surface area contributed by atoms with Gasteiger partial charge in [-0.2, -0.15) is 9.98 Å². The van der Waals surface area contributed by atoms with Crippen LogP contribution in [0, 0.1) is 11.3 Å². The number of H-pyrrole nitrogens is 1. The Hall–Kier alpha value is -3.29. The van der Waals surface area contributed by atoms with E-state index in [9.17, 15) is 4.79 Å². The van der Waals surface area contributed by atoms with Crippen molar-refractivity contribution in [3.05, 3.63) is 36.0 Å². The molecule has 2 heterocycles. The number of nitrogens with two attached hydrogens (primary N) is 2. The monoisotopic (exact) mass is 323 g/mol. The van der Waals surface area contributed by atoms with Crippen LogP contribution in [0.4, 0.5) is 0 Å². The van der Waals surface area contributed by atoms with Crippen molar-refractivity contribution in [2.45, 2.75) is 12.5 Å². The van der Waals surface area contributed by atoms with Gasteiger partial charge in [-0.25, -0.2) is 0 Å². The van der Waals surface area contributed by atoms with Crippen LogP contribution in [-0.4, -0.2) is 41.2 Å². The third kappa shape index (κ3) is 2.69. The van der Waals surface area contributed by atoms with E-state index in [2.05, 4.69) is 26.7 Å². The van der Waals surface area contributed by atoms with Gasteiger partial charge in [-0.05, 0) is 18.3 Å². The minimum absolute atomic E-state index is 0.0370. The highest BCUT2D eigenvalue weighted by Gasteiger charge is 2.34. The topological polar surface area (TPSA) is 146 Å². The molecule has 0 amide bonds. The first-order valence-corrected chi connectivity index (χ1v) is 7.32. The van der Waals surface area contributed by atoms with E-state index in [0.29, 0.717) is 6.42 Å². The SMILES string of the molecule is C=NC(Cc1c[nH]c2ccccc12)C(=O)C1C(N)=NC(=N)N=C1N. The van der Waals surface area contributed by atoms with Gasteiger partial charge in [0.05, 0.1) is 0 Å². The van der Waals surface area contributed by atoms with Gasteiger partial charge < -0.3 is 16.5 Å². The number of guanidine groups is 1. The summed E-state index contributed by atoms with van der Waals surface area (Å²) in [5, 5.41) is 8.42. The van der Waals surface area contributed by atoms with Crippen LogP contribution >= 0.6 is 0 Å². The number of para-hydroxylation sites is 1. The van der Waals surface area contributed by atoms with Crippen LogP contribution in [-0.2, 0) is 11.2 Å². The van der Waals surface area contributed by atoms with Gasteiger partial charge in [-0.15, -0.1) is 0 Å². The lowest BCUT2D eigenvalue weighted by Crippen LogP contribution is -2.47. The van der Waals surface area contributed by atoms with Crippen LogP contribution in [0.25, 0.3) is 10.9 Å². The van der Waals surface area contributed by atoms with Gasteiger partial charge in [-0.1, -0.05) is 18.2 Å². The number of hydrogen-bond acceptors (Lipinski definition) is 5. The number of ketones is 1. The molecule has 0 saturated heterocycles. The summed E-state index contributed by atoms with van der Waals surface area (Å²) in [5.74, 6) is -1.69. The van der Waals surface area contributed by atoms with Crippen LogP contribution in [0.5, 0.6) is 0 Å². The van der Waals surface area contributed by atoms with Gasteiger partial charge >= 0.3 is 0 Å². The first kappa shape index (κ1) is 15.6. The van der Waals surface area contributed by atoms with Crippen molar-refractivity contribution in [3.63, 3.8) is 0 Å². The van der Waals surface area contributed by atoms with Gasteiger partial charge in [0.25, 0.3) is 0 Å². The second kappa shape index (κ2) is 6.07. The van der Waals surface area contributed by atoms with E-state index in [1.807, 2.05) is 30.5 Å². The Bertz CT molecular complexity index is 871. The molecule has 6 N–H and O–H groups in total. The molecular weight excluding hydrogens is 306 g/mol. The zero-order valence-corrected chi connectivity index (χ0v) is 12.9. The summed E-state index contributed by atoms with van der Waals surface area (Å²) in [6, 6.07) is 7.06. The van der Waals surface area contributed by atoms with E-state index in [1.54, 1.807) is 0 Å². The Morgan fingerprint density at radius 3 is 2.67 bits per heavy atom. The van der Waals surface area contributed by atoms with E-state index in [-0.39, 0.29) is 23.4 Å². The molecule has 1 aliphatic rings. The molecule has 1 unspecified atom stereocenters. The smallest absolute Gasteiger partial charge is 0.245 e. The number of amidine groups is 2. The molecule has 1 aromatic heterocycles. The van der Waals surface area contributed by atoms with Gasteiger partial charge in [-0.3, -0.25) is 15.2 Å². The summed E-state index contributed by atoms with van der Waals surface area (Å²) >= 11 is 0. The largest absolute Gasteiger partial charge is 0.386 e. The third-order valence-electron chi connectivity index (χ3n) is 3.98. The lowest BCUT2D eigenvalue weighted by atomic mass is 9.91. The van der Waals surface area contributed by atoms with Crippen LogP contribution in [0.1, 0.15) is 5.56 Å². The van der Waals surface area contributed by atoms with Crippen LogP contribution in [0.15, 0.2) is 45.4 Å². The summed E-state index contributed by atoms with van der Waals surface area (Å²) < 4.78 is 0. The molecule has 0 spiro atoms. The van der Waals surface area contributed by atoms with E-state index >= 15 is 0 Å². The van der Waals surface area contributed by atoms with Gasteiger partial charge in [0.2, 0.25) is 5.96 Å². The zero-order valence-electron chi connectivity index (χ0n) is 12.9. The molecule has 8 nitrogen and oxygen atoms in total. The van der Waals surface area contributed by atoms with Crippen LogP contribution in [0.3, 0.4) is 0 Å². The number of aliphatic imine (C=N–C) groups is 3. The summed E-state index contributed by atoms with van der Waals surface area (Å²) in [6.45, 7) is 3.52. The van der Waals surface area contributed by atoms with Crippen molar-refractivity contribution in [2.24, 2.45) is 32.4 Å². The zero-order chi connectivity index (χ0) is 17.3. The average Bonchev–Trinajstić information content (AvgIpc) is 2.94. The maximum absolute atomic E-state index is 12.8. The van der Waals surface area contributed by atoms with E-state index < -0.39 is 12.0 Å². The Balaban J connectivity index is 1.88. The van der Waals surface area contributed by atoms with E-state index in [1.165, 1.54) is 0 Å². The number of Topliss-reactive ketones (excluding diaryl/α,β-unsaturated/α-hetero) is 1. The summed E-state index contributed by atoms with van der Waals surface area (Å²) in [4.78, 5) is 27.3. The molecule has 0 aliphatic carbocycles. The number of aromatic amines is 1. The first-order valence-electron chi connectivity index (χ1n) is 7.32. The normalized spacial score (nSPS) is 18.8. The Morgan fingerprint density at radius 2 is 2.00 bits per heavy atom. The maximum atomic E-state index is 12.8. The number of hydrogen-bond donors (Lipinski definition) is 4. The number of benzene rings is 1. The first-order chi connectivity index (χ1) is 11.5. The number of carbonyl (C=O) groups excluding carboxylic acids is 1. The number of aromatic nitrogens is 1. The fourth-order valence-corrected chi connectivity index (χ4v) is 2.80. The van der Waals surface area contributed by atoms with Crippen molar-refractivity contribution in [2.75, 3.05) is 0 Å². The highest BCUT2D eigenvalue weighted by molar-refractivity contribution is 6.27. The number of carbonyl (C=O) groups is 1. The molecule has 122 valence electrons. The van der Waals surface area contributed by atoms with E-state index in [0.717, 1.165) is 16.5 Å². The molecule has 8 heteroatoms. The minimum Gasteiger partial charge on any atom is -0.386 e. The number of nitrogens with one attached hydrogen (secondary N) is 2. The third-order valence-corrected chi connectivity index (χ3v) is 3.98. The summed E-state index contributed by atoms with van der Waals surface area (Å²) in [5.41, 5.74) is 13.5. The van der Waals surface area contributed by atoms with E-state index in [4.69, 9.17) is 16.9 Å². The Morgan fingerprint density at radius 1 is 1.33 bits per heavy atom. The highest BCUT2D eigenvalue weighted by atomic mass is 16.1. The summed E-state index contributed by atoms with van der Waals surface area (Å²) in [6.07, 6.45) is 2.21. The van der Waals surface area contributed by atoms with Crippen molar-refractivity contribution in [3.8, 4) is 0 Å². The quantitative estimate of drug-likeness (QED) is 0.598. The molecule has 0 bridgehead atoms. The van der Waals surface area contributed by atoms with Gasteiger partial charge in [0, 0.05) is 23.5 Å². The van der Waals surface area contributed by atoms with Crippen molar-refractivity contribution in [1.82, 2.24) is 4.98 Å². The molecule has 0 saturated carbocycles. The number of nitrogens with zero attached hydrogens (tertiary/aromatic N) is 3. The second-order valence-electron chi connectivity index (χ2n) is 5.49. The Labute approximate surface area is 137 Å². The minimum atomic E-state index is -0.972. The predicted molar refractivity (Wildman–Crippen MR) is 94.8 cm³/mol. The molecule has 1 aromatic carbocycles. The average molecular weight is 323 g/mol. The van der Waals surface area contributed by atoms with Gasteiger partial charge in [0.1, 0.15) is 23.6 Å². The van der Waals surface area contributed by atoms with Crippen LogP contribution in [0.2, 0.25) is 0 Å². The molecule has 1 atom stereocenters. The summed E-state index contributed by atoms with van der Waals surface area (Å²) in [7, 11) is 0. The lowest BCUT2D eigenvalue weighted by molar-refractivity contribution is -0.120. The molecule has 0 radical (unpaired) electrons. The highest BCUT2D eigenvalue weighted by Crippen LogP contribution is 2.21. The second-order valence-corrected chi connectivity index (χ2v) is 5.49. The van der Waals surface area contributed by atoms with Crippen molar-refractivity contribution >= 4 is 41.0 Å². The fourth-order valence-electron chi connectivity index (χ4n) is 2.80.